The van der Waals surface area contributed by atoms with E-state index >= 15 is 0 Å². The number of rotatable bonds is 9. The fourth-order valence-corrected chi connectivity index (χ4v) is 3.07. The minimum Gasteiger partial charge on any atom is -0.496 e. The van der Waals surface area contributed by atoms with Crippen molar-refractivity contribution in [3.8, 4) is 5.75 Å². The summed E-state index contributed by atoms with van der Waals surface area (Å²) in [5, 5.41) is 5.82. The van der Waals surface area contributed by atoms with Gasteiger partial charge >= 0.3 is 6.03 Å². The molecule has 2 atom stereocenters. The monoisotopic (exact) mass is 347 g/mol. The van der Waals surface area contributed by atoms with E-state index in [2.05, 4.69) is 10.6 Å². The number of nitrogens with one attached hydrogen (secondary N) is 2. The largest absolute Gasteiger partial charge is 0.496 e. The maximum Gasteiger partial charge on any atom is 0.315 e. The van der Waals surface area contributed by atoms with E-state index in [4.69, 9.17) is 4.74 Å². The van der Waals surface area contributed by atoms with Gasteiger partial charge in [-0.15, -0.1) is 0 Å². The molecule has 1 saturated carbocycles. The van der Waals surface area contributed by atoms with Crippen molar-refractivity contribution in [1.82, 2.24) is 15.5 Å². The standard InChI is InChI=1S/C19H29N3O3/c1-4-22(5-2)18(23)11-8-12-20-19(24)21-16-13-15(16)14-9-6-7-10-17(14)25-3/h6-7,9-10,15-16H,4-5,8,11-13H2,1-3H3,(H2,20,21,24)/t15-,16+/m0/s1. The van der Waals surface area contributed by atoms with Crippen molar-refractivity contribution >= 4 is 11.9 Å². The van der Waals surface area contributed by atoms with Crippen LogP contribution < -0.4 is 15.4 Å². The number of benzene rings is 1. The molecular weight excluding hydrogens is 318 g/mol. The number of para-hydroxylation sites is 1. The predicted octanol–water partition coefficient (Wildman–Crippen LogP) is 2.50. The highest BCUT2D eigenvalue weighted by Crippen LogP contribution is 2.44. The molecule has 0 aliphatic heterocycles. The van der Waals surface area contributed by atoms with Gasteiger partial charge in [0.05, 0.1) is 7.11 Å². The summed E-state index contributed by atoms with van der Waals surface area (Å²) >= 11 is 0. The molecule has 1 aliphatic rings. The Morgan fingerprint density at radius 3 is 2.64 bits per heavy atom. The summed E-state index contributed by atoms with van der Waals surface area (Å²) in [6.45, 7) is 5.91. The first-order valence-electron chi connectivity index (χ1n) is 9.05. The van der Waals surface area contributed by atoms with E-state index < -0.39 is 0 Å². The summed E-state index contributed by atoms with van der Waals surface area (Å²) < 4.78 is 5.38. The Bertz CT molecular complexity index is 587. The Hall–Kier alpha value is -2.24. The molecule has 2 rings (SSSR count). The summed E-state index contributed by atoms with van der Waals surface area (Å²) in [5.74, 6) is 1.32. The first-order valence-corrected chi connectivity index (χ1v) is 9.05. The van der Waals surface area contributed by atoms with E-state index in [1.165, 1.54) is 0 Å². The Balaban J connectivity index is 1.66. The number of carbonyl (C=O) groups is 2. The minimum atomic E-state index is -0.169. The number of methoxy groups -OCH3 is 1. The van der Waals surface area contributed by atoms with Crippen LogP contribution in [0.25, 0.3) is 0 Å². The summed E-state index contributed by atoms with van der Waals surface area (Å²) in [6, 6.07) is 7.89. The summed E-state index contributed by atoms with van der Waals surface area (Å²) in [4.78, 5) is 25.7. The zero-order valence-electron chi connectivity index (χ0n) is 15.4. The molecule has 1 aromatic rings. The number of hydrogen-bond donors (Lipinski definition) is 2. The highest BCUT2D eigenvalue weighted by molar-refractivity contribution is 5.76. The summed E-state index contributed by atoms with van der Waals surface area (Å²) in [6.07, 6.45) is 2.05. The zero-order chi connectivity index (χ0) is 18.2. The third-order valence-corrected chi connectivity index (χ3v) is 4.61. The fourth-order valence-electron chi connectivity index (χ4n) is 3.07. The Labute approximate surface area is 149 Å². The van der Waals surface area contributed by atoms with Gasteiger partial charge in [0.25, 0.3) is 0 Å². The van der Waals surface area contributed by atoms with Crippen LogP contribution in [0.2, 0.25) is 0 Å². The van der Waals surface area contributed by atoms with Gasteiger partial charge in [0.15, 0.2) is 0 Å². The first kappa shape index (κ1) is 19.1. The van der Waals surface area contributed by atoms with Gasteiger partial charge in [0.2, 0.25) is 5.91 Å². The lowest BCUT2D eigenvalue weighted by Crippen LogP contribution is -2.38. The van der Waals surface area contributed by atoms with Crippen molar-refractivity contribution in [3.63, 3.8) is 0 Å². The van der Waals surface area contributed by atoms with Crippen LogP contribution in [0.1, 0.15) is 44.6 Å². The lowest BCUT2D eigenvalue weighted by Gasteiger charge is -2.18. The molecule has 1 fully saturated rings. The highest BCUT2D eigenvalue weighted by Gasteiger charge is 2.41. The van der Waals surface area contributed by atoms with Gasteiger partial charge in [-0.05, 0) is 38.3 Å². The molecule has 0 bridgehead atoms. The van der Waals surface area contributed by atoms with E-state index in [9.17, 15) is 9.59 Å². The number of amides is 3. The van der Waals surface area contributed by atoms with Gasteiger partial charge in [-0.25, -0.2) is 4.79 Å². The minimum absolute atomic E-state index is 0.144. The number of hydrogen-bond acceptors (Lipinski definition) is 3. The average molecular weight is 347 g/mol. The maximum absolute atomic E-state index is 12.0. The Kier molecular flexibility index (Phi) is 7.10. The topological polar surface area (TPSA) is 70.7 Å². The lowest BCUT2D eigenvalue weighted by atomic mass is 10.1. The SMILES string of the molecule is CCN(CC)C(=O)CCCNC(=O)N[C@@H]1C[C@H]1c1ccccc1OC. The Morgan fingerprint density at radius 1 is 1.24 bits per heavy atom. The van der Waals surface area contributed by atoms with Crippen molar-refractivity contribution < 1.29 is 14.3 Å². The summed E-state index contributed by atoms with van der Waals surface area (Å²) in [5.41, 5.74) is 1.14. The molecule has 0 saturated heterocycles. The molecule has 138 valence electrons. The van der Waals surface area contributed by atoms with Crippen molar-refractivity contribution in [3.05, 3.63) is 29.8 Å². The normalized spacial score (nSPS) is 18.4. The third-order valence-electron chi connectivity index (χ3n) is 4.61. The van der Waals surface area contributed by atoms with Crippen LogP contribution in [0.15, 0.2) is 24.3 Å². The van der Waals surface area contributed by atoms with Gasteiger partial charge < -0.3 is 20.3 Å². The molecule has 6 heteroatoms. The van der Waals surface area contributed by atoms with E-state index in [0.717, 1.165) is 30.8 Å². The van der Waals surface area contributed by atoms with Crippen LogP contribution in [0.5, 0.6) is 5.75 Å². The van der Waals surface area contributed by atoms with E-state index in [-0.39, 0.29) is 18.0 Å². The Morgan fingerprint density at radius 2 is 1.96 bits per heavy atom. The molecule has 0 unspecified atom stereocenters. The van der Waals surface area contributed by atoms with Crippen molar-refractivity contribution in [1.29, 1.82) is 0 Å². The fraction of sp³-hybridized carbons (Fsp3) is 0.579. The molecule has 25 heavy (non-hydrogen) atoms. The number of ether oxygens (including phenoxy) is 1. The van der Waals surface area contributed by atoms with E-state index in [0.29, 0.717) is 25.3 Å². The average Bonchev–Trinajstić information content (AvgIpc) is 3.38. The van der Waals surface area contributed by atoms with Gasteiger partial charge in [-0.3, -0.25) is 4.79 Å². The molecular formula is C19H29N3O3. The van der Waals surface area contributed by atoms with Gasteiger partial charge in [0, 0.05) is 38.0 Å². The molecule has 1 aliphatic carbocycles. The van der Waals surface area contributed by atoms with E-state index in [1.807, 2.05) is 43.0 Å². The second-order valence-corrected chi connectivity index (χ2v) is 6.26. The van der Waals surface area contributed by atoms with Crippen LogP contribution >= 0.6 is 0 Å². The van der Waals surface area contributed by atoms with E-state index in [1.54, 1.807) is 7.11 Å². The van der Waals surface area contributed by atoms with Crippen molar-refractivity contribution in [2.75, 3.05) is 26.7 Å². The molecule has 3 amide bonds. The first-order chi connectivity index (χ1) is 12.1. The number of nitrogens with zero attached hydrogens (tertiary/aromatic N) is 1. The molecule has 0 radical (unpaired) electrons. The van der Waals surface area contributed by atoms with Crippen LogP contribution in [0, 0.1) is 0 Å². The molecule has 0 aromatic heterocycles. The second-order valence-electron chi connectivity index (χ2n) is 6.26. The third kappa shape index (κ3) is 5.37. The van der Waals surface area contributed by atoms with Crippen LogP contribution in [-0.4, -0.2) is 49.6 Å². The van der Waals surface area contributed by atoms with Crippen molar-refractivity contribution in [2.45, 2.75) is 45.1 Å². The number of carbonyl (C=O) groups excluding carboxylic acids is 2. The van der Waals surface area contributed by atoms with Crippen LogP contribution in [-0.2, 0) is 4.79 Å². The highest BCUT2D eigenvalue weighted by atomic mass is 16.5. The van der Waals surface area contributed by atoms with Crippen molar-refractivity contribution in [2.24, 2.45) is 0 Å². The molecule has 0 spiro atoms. The second kappa shape index (κ2) is 9.30. The summed E-state index contributed by atoms with van der Waals surface area (Å²) in [7, 11) is 1.66. The maximum atomic E-state index is 12.0. The van der Waals surface area contributed by atoms with Gasteiger partial charge in [0.1, 0.15) is 5.75 Å². The van der Waals surface area contributed by atoms with Crippen LogP contribution in [0.4, 0.5) is 4.79 Å². The molecule has 1 aromatic carbocycles. The predicted molar refractivity (Wildman–Crippen MR) is 97.8 cm³/mol. The molecule has 0 heterocycles. The molecule has 6 nitrogen and oxygen atoms in total. The number of urea groups is 1. The van der Waals surface area contributed by atoms with Crippen LogP contribution in [0.3, 0.4) is 0 Å². The lowest BCUT2D eigenvalue weighted by molar-refractivity contribution is -0.130. The quantitative estimate of drug-likeness (QED) is 0.674. The smallest absolute Gasteiger partial charge is 0.315 e. The zero-order valence-corrected chi connectivity index (χ0v) is 15.4. The van der Waals surface area contributed by atoms with Gasteiger partial charge in [-0.1, -0.05) is 18.2 Å². The van der Waals surface area contributed by atoms with Gasteiger partial charge in [-0.2, -0.15) is 0 Å². The molecule has 2 N–H and O–H groups in total.